The van der Waals surface area contributed by atoms with Crippen LogP contribution in [0.25, 0.3) is 11.0 Å². The number of rotatable bonds is 9. The smallest absolute Gasteiger partial charge is 0.287 e. The molecule has 0 saturated carbocycles. The van der Waals surface area contributed by atoms with Crippen molar-refractivity contribution in [3.05, 3.63) is 116 Å². The van der Waals surface area contributed by atoms with Gasteiger partial charge in [-0.3, -0.25) is 19.2 Å². The average molecular weight is 640 g/mol. The van der Waals surface area contributed by atoms with Crippen LogP contribution in [-0.4, -0.2) is 53.2 Å². The van der Waals surface area contributed by atoms with Crippen molar-refractivity contribution in [3.8, 4) is 0 Å². The Labute approximate surface area is 273 Å². The molecule has 2 fully saturated rings. The van der Waals surface area contributed by atoms with E-state index in [9.17, 15) is 19.2 Å². The van der Waals surface area contributed by atoms with E-state index in [2.05, 4.69) is 17.4 Å². The second-order valence-corrected chi connectivity index (χ2v) is 12.7. The fourth-order valence-corrected chi connectivity index (χ4v) is 6.73. The highest BCUT2D eigenvalue weighted by Crippen LogP contribution is 2.32. The van der Waals surface area contributed by atoms with Gasteiger partial charge in [-0.1, -0.05) is 61.0 Å². The molecule has 4 aromatic rings. The van der Waals surface area contributed by atoms with Gasteiger partial charge in [0.1, 0.15) is 11.6 Å². The van der Waals surface area contributed by atoms with E-state index in [4.69, 9.17) is 16.0 Å². The van der Waals surface area contributed by atoms with E-state index in [1.165, 1.54) is 17.2 Å². The van der Waals surface area contributed by atoms with Crippen molar-refractivity contribution >= 4 is 40.3 Å². The van der Waals surface area contributed by atoms with Gasteiger partial charge in [0, 0.05) is 50.1 Å². The van der Waals surface area contributed by atoms with Gasteiger partial charge >= 0.3 is 0 Å². The zero-order chi connectivity index (χ0) is 32.2. The molecule has 8 nitrogen and oxygen atoms in total. The Bertz CT molecular complexity index is 1810. The lowest BCUT2D eigenvalue weighted by molar-refractivity contribution is -0.134. The number of benzene rings is 3. The number of fused-ring (bicyclic) bond motifs is 1. The Hall–Kier alpha value is -4.43. The molecule has 6 rings (SSSR count). The predicted molar refractivity (Wildman–Crippen MR) is 178 cm³/mol. The zero-order valence-corrected chi connectivity index (χ0v) is 26.7. The lowest BCUT2D eigenvalue weighted by atomic mass is 9.86. The van der Waals surface area contributed by atoms with Gasteiger partial charge < -0.3 is 19.5 Å². The van der Waals surface area contributed by atoms with Crippen LogP contribution in [0.3, 0.4) is 0 Å². The highest BCUT2D eigenvalue weighted by atomic mass is 35.5. The van der Waals surface area contributed by atoms with E-state index in [0.717, 1.165) is 43.4 Å². The summed E-state index contributed by atoms with van der Waals surface area (Å²) < 4.78 is 5.85. The zero-order valence-electron chi connectivity index (χ0n) is 26.0. The third-order valence-corrected chi connectivity index (χ3v) is 9.47. The van der Waals surface area contributed by atoms with Gasteiger partial charge in [0.2, 0.25) is 11.8 Å². The van der Waals surface area contributed by atoms with Crippen molar-refractivity contribution in [2.24, 2.45) is 0 Å². The van der Waals surface area contributed by atoms with Crippen LogP contribution in [-0.2, 0) is 29.0 Å². The van der Waals surface area contributed by atoms with Crippen LogP contribution in [0.2, 0.25) is 5.02 Å². The van der Waals surface area contributed by atoms with Crippen molar-refractivity contribution in [2.75, 3.05) is 19.6 Å². The number of hydrogen-bond donors (Lipinski definition) is 1. The first-order valence-corrected chi connectivity index (χ1v) is 16.4. The van der Waals surface area contributed by atoms with Crippen LogP contribution in [0.5, 0.6) is 0 Å². The molecule has 46 heavy (non-hydrogen) atoms. The molecule has 0 radical (unpaired) electrons. The minimum atomic E-state index is -0.873. The first kappa shape index (κ1) is 31.5. The fraction of sp³-hybridized carbons (Fsp3) is 0.351. The van der Waals surface area contributed by atoms with Crippen molar-refractivity contribution in [1.82, 2.24) is 15.1 Å². The summed E-state index contributed by atoms with van der Waals surface area (Å²) in [6, 6.07) is 21.2. The highest BCUT2D eigenvalue weighted by Gasteiger charge is 2.32. The molecular weight excluding hydrogens is 602 g/mol. The third-order valence-electron chi connectivity index (χ3n) is 9.21. The van der Waals surface area contributed by atoms with Crippen LogP contribution in [0, 0.1) is 0 Å². The first-order valence-electron chi connectivity index (χ1n) is 16.1. The summed E-state index contributed by atoms with van der Waals surface area (Å²) in [5.74, 6) is -0.470. The van der Waals surface area contributed by atoms with E-state index >= 15 is 0 Å². The summed E-state index contributed by atoms with van der Waals surface area (Å²) in [6.45, 7) is 4.50. The Kier molecular flexibility index (Phi) is 9.54. The minimum Gasteiger partial charge on any atom is -0.451 e. The molecule has 0 spiro atoms. The number of carbonyl (C=O) groups is 3. The molecule has 2 aliphatic heterocycles. The van der Waals surface area contributed by atoms with E-state index < -0.39 is 11.9 Å². The Morgan fingerprint density at radius 3 is 2.41 bits per heavy atom. The molecule has 3 heterocycles. The van der Waals surface area contributed by atoms with Crippen molar-refractivity contribution < 1.29 is 18.8 Å². The molecule has 1 N–H and O–H groups in total. The molecule has 2 aliphatic rings. The summed E-state index contributed by atoms with van der Waals surface area (Å²) in [6.07, 6.45) is 4.10. The molecule has 9 heteroatoms. The van der Waals surface area contributed by atoms with Crippen LogP contribution in [0.1, 0.15) is 71.3 Å². The molecule has 1 atom stereocenters. The topological polar surface area (TPSA) is 99.9 Å². The molecule has 238 valence electrons. The fourth-order valence-electron chi connectivity index (χ4n) is 6.61. The van der Waals surface area contributed by atoms with Gasteiger partial charge in [-0.25, -0.2) is 0 Å². The summed E-state index contributed by atoms with van der Waals surface area (Å²) in [7, 11) is 0. The molecule has 0 bridgehead atoms. The maximum absolute atomic E-state index is 14.0. The maximum Gasteiger partial charge on any atom is 0.287 e. The van der Waals surface area contributed by atoms with Gasteiger partial charge in [0.15, 0.2) is 11.2 Å². The first-order chi connectivity index (χ1) is 22.3. The molecule has 3 amide bonds. The quantitative estimate of drug-likeness (QED) is 0.247. The summed E-state index contributed by atoms with van der Waals surface area (Å²) in [5, 5.41) is 3.87. The second kappa shape index (κ2) is 13.9. The van der Waals surface area contributed by atoms with Gasteiger partial charge in [-0.15, -0.1) is 0 Å². The molecular formula is C37H38ClN3O5. The second-order valence-electron chi connectivity index (χ2n) is 12.2. The van der Waals surface area contributed by atoms with E-state index in [1.807, 2.05) is 47.1 Å². The lowest BCUT2D eigenvalue weighted by Crippen LogP contribution is -2.51. The van der Waals surface area contributed by atoms with E-state index in [1.54, 1.807) is 24.3 Å². The number of carbonyl (C=O) groups excluding carboxylic acids is 3. The number of amides is 3. The number of piperidine rings is 1. The number of likely N-dealkylation sites (tertiary alicyclic amines) is 2. The van der Waals surface area contributed by atoms with Gasteiger partial charge in [0.05, 0.1) is 5.39 Å². The standard InChI is InChI=1S/C37H38ClN3O5/c1-2-24-11-14-33-30(20-24)32(42)22-34(46-33)36(44)39-31(21-25-9-12-28(38)13-10-25)37(45)40-18-15-26(16-19-40)29-7-4-3-6-27(29)23-41-17-5-8-35(41)43/h3-4,6-7,9-14,20,22,26,31H,2,5,8,15-19,21,23H2,1H3,(H,39,44)/t31-/m0/s1. The van der Waals surface area contributed by atoms with Crippen LogP contribution in [0.4, 0.5) is 0 Å². The van der Waals surface area contributed by atoms with Gasteiger partial charge in [-0.05, 0) is 78.1 Å². The van der Waals surface area contributed by atoms with Crippen molar-refractivity contribution in [2.45, 2.75) is 64.0 Å². The summed E-state index contributed by atoms with van der Waals surface area (Å²) in [5.41, 5.74) is 4.26. The van der Waals surface area contributed by atoms with Gasteiger partial charge in [0.25, 0.3) is 5.91 Å². The normalized spacial score (nSPS) is 16.2. The summed E-state index contributed by atoms with van der Waals surface area (Å²) in [4.78, 5) is 56.4. The molecule has 0 unspecified atom stereocenters. The van der Waals surface area contributed by atoms with Crippen molar-refractivity contribution in [3.63, 3.8) is 0 Å². The number of halogens is 1. The maximum atomic E-state index is 14.0. The summed E-state index contributed by atoms with van der Waals surface area (Å²) >= 11 is 6.10. The predicted octanol–water partition coefficient (Wildman–Crippen LogP) is 5.88. The van der Waals surface area contributed by atoms with Crippen LogP contribution < -0.4 is 10.7 Å². The van der Waals surface area contributed by atoms with Crippen molar-refractivity contribution in [1.29, 1.82) is 0 Å². The van der Waals surface area contributed by atoms with Crippen LogP contribution in [0.15, 0.2) is 82.0 Å². The Morgan fingerprint density at radius 2 is 1.70 bits per heavy atom. The van der Waals surface area contributed by atoms with Gasteiger partial charge in [-0.2, -0.15) is 0 Å². The average Bonchev–Trinajstić information content (AvgIpc) is 3.48. The number of hydrogen-bond acceptors (Lipinski definition) is 5. The Balaban J connectivity index is 1.18. The SMILES string of the molecule is CCc1ccc2oc(C(=O)N[C@@H](Cc3ccc(Cl)cc3)C(=O)N3CCC(c4ccccc4CN4CCCC4=O)CC3)cc(=O)c2c1. The number of nitrogens with zero attached hydrogens (tertiary/aromatic N) is 2. The molecule has 3 aromatic carbocycles. The molecule has 2 saturated heterocycles. The number of nitrogens with one attached hydrogen (secondary N) is 1. The lowest BCUT2D eigenvalue weighted by Gasteiger charge is -2.35. The highest BCUT2D eigenvalue weighted by molar-refractivity contribution is 6.30. The van der Waals surface area contributed by atoms with Crippen LogP contribution >= 0.6 is 11.6 Å². The number of aryl methyl sites for hydroxylation is 1. The Morgan fingerprint density at radius 1 is 0.957 bits per heavy atom. The molecule has 0 aliphatic carbocycles. The largest absolute Gasteiger partial charge is 0.451 e. The third kappa shape index (κ3) is 7.02. The monoisotopic (exact) mass is 639 g/mol. The van der Waals surface area contributed by atoms with E-state index in [-0.39, 0.29) is 35.3 Å². The van der Waals surface area contributed by atoms with E-state index in [0.29, 0.717) is 42.0 Å². The minimum absolute atomic E-state index is 0.137. The molecule has 1 aromatic heterocycles.